The molecule has 3 aromatic carbocycles. The quantitative estimate of drug-likeness (QED) is 0.379. The van der Waals surface area contributed by atoms with Crippen LogP contribution in [0.3, 0.4) is 0 Å². The predicted octanol–water partition coefficient (Wildman–Crippen LogP) is 4.72. The minimum absolute atomic E-state index is 0.166. The molecule has 0 unspecified atom stereocenters. The molecule has 1 saturated heterocycles. The Hall–Kier alpha value is -3.82. The molecule has 1 aliphatic rings. The molecule has 5 rings (SSSR count). The largest absolute Gasteiger partial charge is 0.322 e. The van der Waals surface area contributed by atoms with Crippen LogP contribution in [0.15, 0.2) is 66.7 Å². The second-order valence-electron chi connectivity index (χ2n) is 8.30. The van der Waals surface area contributed by atoms with Crippen LogP contribution >= 0.6 is 11.3 Å². The maximum absolute atomic E-state index is 14.6. The van der Waals surface area contributed by atoms with Gasteiger partial charge in [-0.3, -0.25) is 10.1 Å². The first-order valence-electron chi connectivity index (χ1n) is 11.4. The van der Waals surface area contributed by atoms with Crippen molar-refractivity contribution in [2.24, 2.45) is 0 Å². The maximum atomic E-state index is 14.6. The topological polar surface area (TPSA) is 86.4 Å². The van der Waals surface area contributed by atoms with Crippen LogP contribution in [0.1, 0.15) is 21.5 Å². The number of rotatable bonds is 5. The van der Waals surface area contributed by atoms with Crippen LogP contribution in [0.2, 0.25) is 0 Å². The van der Waals surface area contributed by atoms with Crippen molar-refractivity contribution in [2.75, 3.05) is 36.8 Å². The molecule has 4 aromatic rings. The van der Waals surface area contributed by atoms with Gasteiger partial charge in [-0.05, 0) is 53.9 Å². The molecule has 3 N–H and O–H groups in total. The van der Waals surface area contributed by atoms with Crippen LogP contribution in [0.25, 0.3) is 10.2 Å². The highest BCUT2D eigenvalue weighted by Gasteiger charge is 2.17. The maximum Gasteiger partial charge on any atom is 0.322 e. The molecule has 0 spiro atoms. The first-order chi connectivity index (χ1) is 17.0. The van der Waals surface area contributed by atoms with E-state index >= 15 is 0 Å². The van der Waals surface area contributed by atoms with Crippen molar-refractivity contribution in [3.8, 4) is 0 Å². The highest BCUT2D eigenvalue weighted by Crippen LogP contribution is 2.26. The van der Waals surface area contributed by atoms with Gasteiger partial charge in [0.2, 0.25) is 0 Å². The summed E-state index contributed by atoms with van der Waals surface area (Å²) in [7, 11) is 0. The van der Waals surface area contributed by atoms with E-state index in [9.17, 15) is 14.0 Å². The van der Waals surface area contributed by atoms with Gasteiger partial charge in [0.05, 0.1) is 15.9 Å². The van der Waals surface area contributed by atoms with Crippen LogP contribution < -0.4 is 16.0 Å². The number of fused-ring (bicyclic) bond motifs is 1. The van der Waals surface area contributed by atoms with Gasteiger partial charge < -0.3 is 15.5 Å². The first-order valence-corrected chi connectivity index (χ1v) is 12.2. The third kappa shape index (κ3) is 5.47. The van der Waals surface area contributed by atoms with Gasteiger partial charge in [0.25, 0.3) is 5.91 Å². The molecular formula is C26H24FN5O2S. The number of aromatic nitrogens is 1. The lowest BCUT2D eigenvalue weighted by Crippen LogP contribution is -2.48. The van der Waals surface area contributed by atoms with Gasteiger partial charge in [0.15, 0.2) is 5.13 Å². The smallest absolute Gasteiger partial charge is 0.322 e. The first kappa shape index (κ1) is 22.9. The number of nitrogens with one attached hydrogen (secondary N) is 3. The normalized spacial score (nSPS) is 13.6. The summed E-state index contributed by atoms with van der Waals surface area (Å²) in [5, 5.41) is 9.24. The van der Waals surface area contributed by atoms with Gasteiger partial charge >= 0.3 is 6.03 Å². The predicted molar refractivity (Wildman–Crippen MR) is 137 cm³/mol. The third-order valence-electron chi connectivity index (χ3n) is 5.82. The molecule has 7 nitrogen and oxygen atoms in total. The molecule has 9 heteroatoms. The van der Waals surface area contributed by atoms with Gasteiger partial charge in [0.1, 0.15) is 5.82 Å². The summed E-state index contributed by atoms with van der Waals surface area (Å²) >= 11 is 1.43. The van der Waals surface area contributed by atoms with Gasteiger partial charge in [-0.1, -0.05) is 41.7 Å². The van der Waals surface area contributed by atoms with Crippen molar-refractivity contribution in [1.29, 1.82) is 0 Å². The van der Waals surface area contributed by atoms with Gasteiger partial charge in [0, 0.05) is 31.7 Å². The van der Waals surface area contributed by atoms with Crippen molar-refractivity contribution >= 4 is 44.3 Å². The Labute approximate surface area is 206 Å². The zero-order chi connectivity index (χ0) is 24.2. The Kier molecular flexibility index (Phi) is 6.69. The van der Waals surface area contributed by atoms with E-state index in [4.69, 9.17) is 0 Å². The molecule has 178 valence electrons. The Morgan fingerprint density at radius 2 is 1.71 bits per heavy atom. The Bertz CT molecular complexity index is 1330. The van der Waals surface area contributed by atoms with Gasteiger partial charge in [-0.15, -0.1) is 0 Å². The molecule has 0 atom stereocenters. The third-order valence-corrected chi connectivity index (χ3v) is 6.77. The molecule has 0 radical (unpaired) electrons. The number of anilines is 2. The van der Waals surface area contributed by atoms with Crippen LogP contribution in [0.4, 0.5) is 20.0 Å². The number of hydrogen-bond acceptors (Lipinski definition) is 5. The van der Waals surface area contributed by atoms with Crippen molar-refractivity contribution in [1.82, 2.24) is 15.2 Å². The summed E-state index contributed by atoms with van der Waals surface area (Å²) in [6.07, 6.45) is 0.503. The highest BCUT2D eigenvalue weighted by molar-refractivity contribution is 7.22. The SMILES string of the molecule is O=C(Nc1nc2ccccc2s1)c1ccc(Cc2ccc(NC(=O)N3CCNCC3)c(F)c2)cc1. The molecule has 1 aliphatic heterocycles. The molecule has 1 aromatic heterocycles. The number of urea groups is 1. The number of benzene rings is 3. The fraction of sp³-hybridized carbons (Fsp3) is 0.192. The average molecular weight is 490 g/mol. The number of amides is 3. The molecule has 1 fully saturated rings. The van der Waals surface area contributed by atoms with Crippen LogP contribution in [0.5, 0.6) is 0 Å². The fourth-order valence-corrected chi connectivity index (χ4v) is 4.80. The lowest BCUT2D eigenvalue weighted by Gasteiger charge is -2.27. The molecule has 0 bridgehead atoms. The van der Waals surface area contributed by atoms with Crippen molar-refractivity contribution < 1.29 is 14.0 Å². The zero-order valence-electron chi connectivity index (χ0n) is 18.9. The van der Waals surface area contributed by atoms with Crippen LogP contribution in [-0.4, -0.2) is 48.0 Å². The summed E-state index contributed by atoms with van der Waals surface area (Å²) in [4.78, 5) is 31.0. The highest BCUT2D eigenvalue weighted by atomic mass is 32.1. The standard InChI is InChI=1S/C26H24FN5O2S/c27-20-16-18(7-10-21(20)30-26(34)32-13-11-28-12-14-32)15-17-5-8-19(9-6-17)24(33)31-25-29-22-3-1-2-4-23(22)35-25/h1-10,16,28H,11-15H2,(H,30,34)(H,29,31,33). The number of thiazole rings is 1. The Balaban J connectivity index is 1.19. The zero-order valence-corrected chi connectivity index (χ0v) is 19.7. The summed E-state index contributed by atoms with van der Waals surface area (Å²) in [6.45, 7) is 2.66. The van der Waals surface area contributed by atoms with Crippen molar-refractivity contribution in [3.05, 3.63) is 89.2 Å². The molecule has 0 aliphatic carbocycles. The van der Waals surface area contributed by atoms with E-state index in [2.05, 4.69) is 20.9 Å². The van der Waals surface area contributed by atoms with E-state index in [0.717, 1.165) is 34.4 Å². The number of para-hydroxylation sites is 1. The molecule has 35 heavy (non-hydrogen) atoms. The molecule has 0 saturated carbocycles. The Morgan fingerprint density at radius 3 is 2.46 bits per heavy atom. The monoisotopic (exact) mass is 489 g/mol. The number of nitrogens with zero attached hydrogens (tertiary/aromatic N) is 2. The Morgan fingerprint density at radius 1 is 0.971 bits per heavy atom. The second-order valence-corrected chi connectivity index (χ2v) is 9.33. The fourth-order valence-electron chi connectivity index (χ4n) is 3.94. The lowest BCUT2D eigenvalue weighted by molar-refractivity contribution is 0.102. The number of carbonyl (C=O) groups excluding carboxylic acids is 2. The summed E-state index contributed by atoms with van der Waals surface area (Å²) in [6, 6.07) is 19.4. The van der Waals surface area contributed by atoms with E-state index in [0.29, 0.717) is 30.2 Å². The van der Waals surface area contributed by atoms with E-state index < -0.39 is 5.82 Å². The van der Waals surface area contributed by atoms with Crippen molar-refractivity contribution in [2.45, 2.75) is 6.42 Å². The van der Waals surface area contributed by atoms with Gasteiger partial charge in [-0.25, -0.2) is 14.2 Å². The lowest BCUT2D eigenvalue weighted by atomic mass is 10.0. The number of piperazine rings is 1. The number of halogens is 1. The number of carbonyl (C=O) groups is 2. The van der Waals surface area contributed by atoms with E-state index in [1.807, 2.05) is 36.4 Å². The number of hydrogen-bond donors (Lipinski definition) is 3. The minimum atomic E-state index is -0.474. The van der Waals surface area contributed by atoms with E-state index in [-0.39, 0.29) is 17.6 Å². The summed E-state index contributed by atoms with van der Waals surface area (Å²) < 4.78 is 15.6. The van der Waals surface area contributed by atoms with E-state index in [1.165, 1.54) is 17.4 Å². The van der Waals surface area contributed by atoms with Crippen molar-refractivity contribution in [3.63, 3.8) is 0 Å². The summed E-state index contributed by atoms with van der Waals surface area (Å²) in [5.41, 5.74) is 3.25. The summed E-state index contributed by atoms with van der Waals surface area (Å²) in [5.74, 6) is -0.705. The van der Waals surface area contributed by atoms with Gasteiger partial charge in [-0.2, -0.15) is 0 Å². The van der Waals surface area contributed by atoms with Crippen LogP contribution in [-0.2, 0) is 6.42 Å². The van der Waals surface area contributed by atoms with Crippen LogP contribution in [0, 0.1) is 5.82 Å². The molecule has 3 amide bonds. The second kappa shape index (κ2) is 10.2. The average Bonchev–Trinajstić information content (AvgIpc) is 3.29. The minimum Gasteiger partial charge on any atom is -0.322 e. The molecular weight excluding hydrogens is 465 g/mol. The molecule has 2 heterocycles. The van der Waals surface area contributed by atoms with E-state index in [1.54, 1.807) is 29.2 Å².